The number of nitrogens with zero attached hydrogens (tertiary/aromatic N) is 1. The van der Waals surface area contributed by atoms with Crippen molar-refractivity contribution in [2.24, 2.45) is 0 Å². The van der Waals surface area contributed by atoms with Gasteiger partial charge in [-0.2, -0.15) is 0 Å². The number of rotatable bonds is 1. The number of likely N-dealkylation sites (N-methyl/N-ethyl adjacent to an activating group) is 1. The first-order valence-corrected chi connectivity index (χ1v) is 6.15. The summed E-state index contributed by atoms with van der Waals surface area (Å²) in [7, 11) is 1.73. The van der Waals surface area contributed by atoms with Crippen molar-refractivity contribution >= 4 is 39.1 Å². The quantitative estimate of drug-likeness (QED) is 0.797. The van der Waals surface area contributed by atoms with Crippen molar-refractivity contribution in [3.8, 4) is 5.75 Å². The van der Waals surface area contributed by atoms with Crippen molar-refractivity contribution in [3.05, 3.63) is 21.6 Å². The minimum atomic E-state index is -0.407. The van der Waals surface area contributed by atoms with Gasteiger partial charge in [0, 0.05) is 12.1 Å². The topological polar surface area (TPSA) is 29.5 Å². The molecule has 0 spiro atoms. The number of carbonyl (C=O) groups is 1. The van der Waals surface area contributed by atoms with Crippen LogP contribution >= 0.6 is 27.5 Å². The Morgan fingerprint density at radius 2 is 2.25 bits per heavy atom. The van der Waals surface area contributed by atoms with Gasteiger partial charge in [0.2, 0.25) is 0 Å². The van der Waals surface area contributed by atoms with Gasteiger partial charge in [-0.05, 0) is 34.5 Å². The second-order valence-electron chi connectivity index (χ2n) is 3.65. The van der Waals surface area contributed by atoms with Crippen molar-refractivity contribution in [2.45, 2.75) is 19.4 Å². The number of amides is 1. The minimum absolute atomic E-state index is 0.0378. The van der Waals surface area contributed by atoms with E-state index in [4.69, 9.17) is 16.3 Å². The van der Waals surface area contributed by atoms with Gasteiger partial charge in [-0.25, -0.2) is 0 Å². The van der Waals surface area contributed by atoms with Crippen LogP contribution in [-0.4, -0.2) is 19.1 Å². The van der Waals surface area contributed by atoms with Gasteiger partial charge in [0.05, 0.1) is 10.2 Å². The Morgan fingerprint density at radius 1 is 1.56 bits per heavy atom. The third-order valence-corrected chi connectivity index (χ3v) is 3.39. The first-order chi connectivity index (χ1) is 7.54. The summed E-state index contributed by atoms with van der Waals surface area (Å²) in [5.74, 6) is 0.641. The highest BCUT2D eigenvalue weighted by atomic mass is 79.9. The molecule has 3 nitrogen and oxygen atoms in total. The van der Waals surface area contributed by atoms with Gasteiger partial charge in [0.1, 0.15) is 0 Å². The van der Waals surface area contributed by atoms with E-state index >= 15 is 0 Å². The van der Waals surface area contributed by atoms with E-state index in [1.165, 1.54) is 0 Å². The fourth-order valence-corrected chi connectivity index (χ4v) is 2.59. The number of anilines is 1. The van der Waals surface area contributed by atoms with Crippen LogP contribution in [0.5, 0.6) is 5.75 Å². The summed E-state index contributed by atoms with van der Waals surface area (Å²) in [5.41, 5.74) is 0.703. The molecule has 2 rings (SSSR count). The lowest BCUT2D eigenvalue weighted by Crippen LogP contribution is -2.43. The molecule has 0 radical (unpaired) electrons. The van der Waals surface area contributed by atoms with Crippen LogP contribution in [0.25, 0.3) is 0 Å². The second kappa shape index (κ2) is 4.26. The maximum atomic E-state index is 11.9. The van der Waals surface area contributed by atoms with Crippen LogP contribution in [0.2, 0.25) is 5.02 Å². The Hall–Kier alpha value is -0.740. The zero-order chi connectivity index (χ0) is 11.9. The Kier molecular flexibility index (Phi) is 3.13. The summed E-state index contributed by atoms with van der Waals surface area (Å²) in [4.78, 5) is 13.5. The smallest absolute Gasteiger partial charge is 0.267 e. The van der Waals surface area contributed by atoms with E-state index in [2.05, 4.69) is 15.9 Å². The maximum Gasteiger partial charge on any atom is 0.267 e. The third-order valence-electron chi connectivity index (χ3n) is 2.59. The molecule has 1 atom stereocenters. The van der Waals surface area contributed by atoms with E-state index in [0.29, 0.717) is 22.9 Å². The molecule has 0 aliphatic carbocycles. The number of hydrogen-bond donors (Lipinski definition) is 0. The first kappa shape index (κ1) is 11.7. The Morgan fingerprint density at radius 3 is 2.88 bits per heavy atom. The van der Waals surface area contributed by atoms with Crippen LogP contribution in [-0.2, 0) is 4.79 Å². The number of carbonyl (C=O) groups excluding carboxylic acids is 1. The van der Waals surface area contributed by atoms with Crippen LogP contribution in [0.1, 0.15) is 13.3 Å². The van der Waals surface area contributed by atoms with E-state index in [-0.39, 0.29) is 5.91 Å². The molecule has 1 amide bonds. The van der Waals surface area contributed by atoms with Gasteiger partial charge in [-0.3, -0.25) is 4.79 Å². The number of hydrogen-bond acceptors (Lipinski definition) is 2. The van der Waals surface area contributed by atoms with Crippen LogP contribution in [0, 0.1) is 0 Å². The van der Waals surface area contributed by atoms with Crippen molar-refractivity contribution in [3.63, 3.8) is 0 Å². The summed E-state index contributed by atoms with van der Waals surface area (Å²) < 4.78 is 6.42. The molecular formula is C11H11BrClNO2. The normalized spacial score (nSPS) is 19.4. The lowest BCUT2D eigenvalue weighted by molar-refractivity contribution is -0.126. The van der Waals surface area contributed by atoms with Crippen LogP contribution < -0.4 is 9.64 Å². The zero-order valence-electron chi connectivity index (χ0n) is 8.96. The first-order valence-electron chi connectivity index (χ1n) is 4.98. The van der Waals surface area contributed by atoms with Crippen molar-refractivity contribution in [1.82, 2.24) is 0 Å². The van der Waals surface area contributed by atoms with Gasteiger partial charge >= 0.3 is 0 Å². The second-order valence-corrected chi connectivity index (χ2v) is 4.94. The highest BCUT2D eigenvalue weighted by Gasteiger charge is 2.32. The molecule has 1 aromatic rings. The average molecular weight is 305 g/mol. The Balaban J connectivity index is 2.54. The molecule has 0 fully saturated rings. The number of ether oxygens (including phenoxy) is 1. The van der Waals surface area contributed by atoms with Crippen LogP contribution in [0.3, 0.4) is 0 Å². The predicted octanol–water partition coefficient (Wildman–Crippen LogP) is 3.24. The lowest BCUT2D eigenvalue weighted by atomic mass is 10.1. The number of fused-ring (bicyclic) bond motifs is 1. The van der Waals surface area contributed by atoms with Crippen LogP contribution in [0.15, 0.2) is 16.6 Å². The molecule has 1 aliphatic rings. The maximum absolute atomic E-state index is 11.9. The third kappa shape index (κ3) is 1.80. The summed E-state index contributed by atoms with van der Waals surface area (Å²) in [6, 6.07) is 3.49. The fourth-order valence-electron chi connectivity index (χ4n) is 1.70. The van der Waals surface area contributed by atoms with E-state index in [9.17, 15) is 4.79 Å². The molecular weight excluding hydrogens is 293 g/mol. The fraction of sp³-hybridized carbons (Fsp3) is 0.364. The molecule has 0 aromatic heterocycles. The average Bonchev–Trinajstić information content (AvgIpc) is 2.24. The molecule has 5 heteroatoms. The van der Waals surface area contributed by atoms with Crippen molar-refractivity contribution in [2.75, 3.05) is 11.9 Å². The monoisotopic (exact) mass is 303 g/mol. The highest BCUT2D eigenvalue weighted by Crippen LogP contribution is 2.41. The standard InChI is InChI=1S/C11H11BrClNO2/c1-3-9-11(15)14(2)8-5-6(13)4-7(12)10(8)16-9/h4-5,9H,3H2,1-2H3. The molecule has 16 heavy (non-hydrogen) atoms. The molecule has 0 saturated carbocycles. The van der Waals surface area contributed by atoms with Crippen molar-refractivity contribution in [1.29, 1.82) is 0 Å². The van der Waals surface area contributed by atoms with E-state index in [0.717, 1.165) is 4.47 Å². The Bertz CT molecular complexity index is 450. The molecule has 0 bridgehead atoms. The molecule has 1 aromatic carbocycles. The number of benzene rings is 1. The summed E-state index contributed by atoms with van der Waals surface area (Å²) in [6.07, 6.45) is 0.243. The molecule has 0 N–H and O–H groups in total. The predicted molar refractivity (Wildman–Crippen MR) is 67.3 cm³/mol. The van der Waals surface area contributed by atoms with Gasteiger partial charge in [-0.1, -0.05) is 18.5 Å². The molecule has 1 heterocycles. The molecule has 0 saturated heterocycles. The summed E-state index contributed by atoms with van der Waals surface area (Å²) >= 11 is 9.33. The Labute approximate surface area is 107 Å². The molecule has 1 aliphatic heterocycles. The van der Waals surface area contributed by atoms with E-state index in [1.54, 1.807) is 24.1 Å². The molecule has 86 valence electrons. The number of halogens is 2. The largest absolute Gasteiger partial charge is 0.477 e. The zero-order valence-corrected chi connectivity index (χ0v) is 11.3. The van der Waals surface area contributed by atoms with Gasteiger partial charge in [0.25, 0.3) is 5.91 Å². The van der Waals surface area contributed by atoms with Gasteiger partial charge < -0.3 is 9.64 Å². The highest BCUT2D eigenvalue weighted by molar-refractivity contribution is 9.10. The van der Waals surface area contributed by atoms with Crippen molar-refractivity contribution < 1.29 is 9.53 Å². The van der Waals surface area contributed by atoms with Gasteiger partial charge in [0.15, 0.2) is 11.9 Å². The van der Waals surface area contributed by atoms with E-state index < -0.39 is 6.10 Å². The summed E-state index contributed by atoms with van der Waals surface area (Å²) in [5, 5.41) is 0.573. The van der Waals surface area contributed by atoms with E-state index in [1.807, 2.05) is 6.92 Å². The summed E-state index contributed by atoms with van der Waals surface area (Å²) in [6.45, 7) is 1.92. The minimum Gasteiger partial charge on any atom is -0.477 e. The van der Waals surface area contributed by atoms with Gasteiger partial charge in [-0.15, -0.1) is 0 Å². The lowest BCUT2D eigenvalue weighted by Gasteiger charge is -2.32. The van der Waals surface area contributed by atoms with Crippen LogP contribution in [0.4, 0.5) is 5.69 Å². The SMILES string of the molecule is CCC1Oc2c(Br)cc(Cl)cc2N(C)C1=O. The molecule has 1 unspecified atom stereocenters.